The van der Waals surface area contributed by atoms with Crippen molar-refractivity contribution in [1.29, 1.82) is 0 Å². The van der Waals surface area contributed by atoms with Gasteiger partial charge in [0.25, 0.3) is 0 Å². The lowest BCUT2D eigenvalue weighted by molar-refractivity contribution is 0.369. The molecule has 1 aromatic rings. The van der Waals surface area contributed by atoms with E-state index in [1.54, 1.807) is 0 Å². The molecule has 0 aliphatic rings. The molecule has 0 aromatic carbocycles. The van der Waals surface area contributed by atoms with E-state index in [-0.39, 0.29) is 0 Å². The van der Waals surface area contributed by atoms with Gasteiger partial charge in [-0.05, 0) is 38.8 Å². The Morgan fingerprint density at radius 2 is 1.75 bits per heavy atom. The third kappa shape index (κ3) is 4.55. The van der Waals surface area contributed by atoms with Crippen LogP contribution in [-0.2, 0) is 0 Å². The molecular weight excluding hydrogens is 246 g/mol. The monoisotopic (exact) mass is 277 g/mol. The Morgan fingerprint density at radius 3 is 2.25 bits per heavy atom. The van der Waals surface area contributed by atoms with Crippen LogP contribution in [0.25, 0.3) is 0 Å². The highest BCUT2D eigenvalue weighted by molar-refractivity contribution is 5.18. The Kier molecular flexibility index (Phi) is 6.60. The zero-order valence-electron chi connectivity index (χ0n) is 14.2. The molecule has 0 spiro atoms. The summed E-state index contributed by atoms with van der Waals surface area (Å²) in [5.74, 6) is 2.33. The largest absolute Gasteiger partial charge is 0.314 e. The van der Waals surface area contributed by atoms with E-state index in [9.17, 15) is 0 Å². The molecule has 0 amide bonds. The van der Waals surface area contributed by atoms with Crippen LogP contribution in [0.2, 0.25) is 0 Å². The first kappa shape index (κ1) is 17.1. The second-order valence-corrected chi connectivity index (χ2v) is 6.46. The van der Waals surface area contributed by atoms with Crippen molar-refractivity contribution < 1.29 is 0 Å². The van der Waals surface area contributed by atoms with Crippen LogP contribution >= 0.6 is 0 Å². The fraction of sp³-hybridized carbons (Fsp3) is 0.765. The summed E-state index contributed by atoms with van der Waals surface area (Å²) in [5.41, 5.74) is 2.26. The topological polar surface area (TPSA) is 37.8 Å². The van der Waals surface area contributed by atoms with Crippen LogP contribution in [0.3, 0.4) is 0 Å². The Hall–Kier alpha value is -0.960. The number of aromatic nitrogens is 2. The van der Waals surface area contributed by atoms with Crippen LogP contribution in [0.4, 0.5) is 0 Å². The summed E-state index contributed by atoms with van der Waals surface area (Å²) >= 11 is 0. The average molecular weight is 277 g/mol. The summed E-state index contributed by atoms with van der Waals surface area (Å²) in [5, 5.41) is 3.62. The third-order valence-corrected chi connectivity index (χ3v) is 3.72. The standard InChI is InChI=1S/C17H31N3/c1-8-9-18-14(7)16(11(2)3)15-10-13(6)19-17(20-15)12(4)5/h10-12,14,16,18H,8-9H2,1-7H3. The molecule has 0 saturated carbocycles. The van der Waals surface area contributed by atoms with E-state index in [1.807, 2.05) is 0 Å². The molecular formula is C17H31N3. The van der Waals surface area contributed by atoms with Crippen LogP contribution in [0.5, 0.6) is 0 Å². The molecule has 1 heterocycles. The molecule has 0 fully saturated rings. The number of hydrogen-bond donors (Lipinski definition) is 1. The van der Waals surface area contributed by atoms with Gasteiger partial charge < -0.3 is 5.32 Å². The van der Waals surface area contributed by atoms with Crippen molar-refractivity contribution in [2.75, 3.05) is 6.54 Å². The second-order valence-electron chi connectivity index (χ2n) is 6.46. The molecule has 2 atom stereocenters. The minimum atomic E-state index is 0.375. The number of aryl methyl sites for hydroxylation is 1. The smallest absolute Gasteiger partial charge is 0.131 e. The highest BCUT2D eigenvalue weighted by atomic mass is 14.9. The lowest BCUT2D eigenvalue weighted by atomic mass is 9.85. The molecule has 20 heavy (non-hydrogen) atoms. The van der Waals surface area contributed by atoms with Crippen molar-refractivity contribution in [3.8, 4) is 0 Å². The quantitative estimate of drug-likeness (QED) is 0.817. The Balaban J connectivity index is 3.08. The molecule has 0 aliphatic heterocycles. The van der Waals surface area contributed by atoms with E-state index in [0.29, 0.717) is 23.8 Å². The van der Waals surface area contributed by atoms with Crippen LogP contribution in [-0.4, -0.2) is 22.6 Å². The summed E-state index contributed by atoms with van der Waals surface area (Å²) in [4.78, 5) is 9.40. The van der Waals surface area contributed by atoms with Gasteiger partial charge in [0, 0.05) is 29.3 Å². The minimum Gasteiger partial charge on any atom is -0.314 e. The molecule has 114 valence electrons. The van der Waals surface area contributed by atoms with Gasteiger partial charge in [-0.15, -0.1) is 0 Å². The van der Waals surface area contributed by atoms with Gasteiger partial charge >= 0.3 is 0 Å². The second kappa shape index (κ2) is 7.72. The maximum Gasteiger partial charge on any atom is 0.131 e. The molecule has 3 heteroatoms. The summed E-state index contributed by atoms with van der Waals surface area (Å²) in [6.45, 7) is 16.5. The maximum absolute atomic E-state index is 4.83. The van der Waals surface area contributed by atoms with E-state index in [2.05, 4.69) is 64.8 Å². The van der Waals surface area contributed by atoms with Crippen LogP contribution in [0, 0.1) is 12.8 Å². The van der Waals surface area contributed by atoms with Crippen molar-refractivity contribution >= 4 is 0 Å². The number of nitrogens with one attached hydrogen (secondary N) is 1. The van der Waals surface area contributed by atoms with Gasteiger partial charge in [0.05, 0.1) is 0 Å². The zero-order valence-corrected chi connectivity index (χ0v) is 14.2. The molecule has 1 N–H and O–H groups in total. The molecule has 0 saturated heterocycles. The summed E-state index contributed by atoms with van der Waals surface area (Å²) in [6, 6.07) is 2.59. The van der Waals surface area contributed by atoms with Gasteiger partial charge in [0.2, 0.25) is 0 Å². The SMILES string of the molecule is CCCNC(C)C(c1cc(C)nc(C(C)C)n1)C(C)C. The van der Waals surface area contributed by atoms with Crippen molar-refractivity contribution in [2.45, 2.75) is 72.8 Å². The lowest BCUT2D eigenvalue weighted by Crippen LogP contribution is -2.35. The number of nitrogens with zero attached hydrogens (tertiary/aromatic N) is 2. The Bertz CT molecular complexity index is 413. The lowest BCUT2D eigenvalue weighted by Gasteiger charge is -2.28. The van der Waals surface area contributed by atoms with Crippen molar-refractivity contribution in [1.82, 2.24) is 15.3 Å². The third-order valence-electron chi connectivity index (χ3n) is 3.72. The first-order valence-electron chi connectivity index (χ1n) is 7.95. The van der Waals surface area contributed by atoms with E-state index in [0.717, 1.165) is 24.5 Å². The van der Waals surface area contributed by atoms with Gasteiger partial charge in [-0.3, -0.25) is 0 Å². The molecule has 0 aliphatic carbocycles. The Labute approximate surface area is 124 Å². The maximum atomic E-state index is 4.83. The van der Waals surface area contributed by atoms with Crippen molar-refractivity contribution in [3.63, 3.8) is 0 Å². The predicted octanol–water partition coefficient (Wildman–Crippen LogP) is 4.04. The molecule has 2 unspecified atom stereocenters. The van der Waals surface area contributed by atoms with Crippen LogP contribution < -0.4 is 5.32 Å². The van der Waals surface area contributed by atoms with Crippen LogP contribution in [0.15, 0.2) is 6.07 Å². The predicted molar refractivity (Wildman–Crippen MR) is 86.2 cm³/mol. The fourth-order valence-corrected chi connectivity index (χ4v) is 2.72. The number of rotatable bonds is 7. The number of hydrogen-bond acceptors (Lipinski definition) is 3. The summed E-state index contributed by atoms with van der Waals surface area (Å²) < 4.78 is 0. The van der Waals surface area contributed by atoms with E-state index >= 15 is 0 Å². The summed E-state index contributed by atoms with van der Waals surface area (Å²) in [6.07, 6.45) is 1.16. The highest BCUT2D eigenvalue weighted by Crippen LogP contribution is 2.28. The molecule has 3 nitrogen and oxygen atoms in total. The van der Waals surface area contributed by atoms with Gasteiger partial charge in [-0.25, -0.2) is 9.97 Å². The zero-order chi connectivity index (χ0) is 15.3. The van der Waals surface area contributed by atoms with Gasteiger partial charge in [-0.1, -0.05) is 34.6 Å². The fourth-order valence-electron chi connectivity index (χ4n) is 2.72. The minimum absolute atomic E-state index is 0.375. The van der Waals surface area contributed by atoms with Gasteiger partial charge in [0.1, 0.15) is 5.82 Å². The highest BCUT2D eigenvalue weighted by Gasteiger charge is 2.24. The molecule has 0 radical (unpaired) electrons. The van der Waals surface area contributed by atoms with Crippen molar-refractivity contribution in [3.05, 3.63) is 23.3 Å². The van der Waals surface area contributed by atoms with Gasteiger partial charge in [-0.2, -0.15) is 0 Å². The van der Waals surface area contributed by atoms with E-state index < -0.39 is 0 Å². The Morgan fingerprint density at radius 1 is 1.10 bits per heavy atom. The normalized spacial score (nSPS) is 14.8. The van der Waals surface area contributed by atoms with Crippen LogP contribution in [0.1, 0.15) is 77.0 Å². The van der Waals surface area contributed by atoms with E-state index in [4.69, 9.17) is 4.98 Å². The molecule has 0 bridgehead atoms. The average Bonchev–Trinajstić information content (AvgIpc) is 2.35. The first-order valence-corrected chi connectivity index (χ1v) is 7.95. The summed E-state index contributed by atoms with van der Waals surface area (Å²) in [7, 11) is 0. The first-order chi connectivity index (χ1) is 9.36. The van der Waals surface area contributed by atoms with E-state index in [1.165, 1.54) is 5.69 Å². The molecule has 1 rings (SSSR count). The van der Waals surface area contributed by atoms with Gasteiger partial charge in [0.15, 0.2) is 0 Å². The molecule has 1 aromatic heterocycles. The van der Waals surface area contributed by atoms with Crippen molar-refractivity contribution in [2.24, 2.45) is 5.92 Å².